The number of Topliss-reactive ketones (excluding diaryl/α,β-unsaturated/α-hetero) is 1. The van der Waals surface area contributed by atoms with Crippen LogP contribution in [-0.4, -0.2) is 38.6 Å². The van der Waals surface area contributed by atoms with Crippen molar-refractivity contribution in [3.8, 4) is 17.3 Å². The second-order valence-electron chi connectivity index (χ2n) is 7.66. The van der Waals surface area contributed by atoms with Crippen molar-refractivity contribution in [2.45, 2.75) is 11.8 Å². The number of thioether (sulfide) groups is 1. The maximum absolute atomic E-state index is 13.1. The van der Waals surface area contributed by atoms with Crippen LogP contribution in [0.15, 0.2) is 93.3 Å². The van der Waals surface area contributed by atoms with E-state index in [9.17, 15) is 9.59 Å². The van der Waals surface area contributed by atoms with Gasteiger partial charge in [0.1, 0.15) is 5.75 Å². The molecule has 174 valence electrons. The average molecular weight is 485 g/mol. The highest BCUT2D eigenvalue weighted by molar-refractivity contribution is 7.99. The molecule has 0 unspecified atom stereocenters. The Morgan fingerprint density at radius 3 is 2.40 bits per heavy atom. The topological polar surface area (TPSA) is 100 Å². The van der Waals surface area contributed by atoms with Gasteiger partial charge in [0.2, 0.25) is 0 Å². The number of ether oxygens (including phenoxy) is 1. The van der Waals surface area contributed by atoms with E-state index >= 15 is 0 Å². The van der Waals surface area contributed by atoms with Crippen LogP contribution in [0.2, 0.25) is 0 Å². The van der Waals surface area contributed by atoms with Crippen LogP contribution in [0.25, 0.3) is 22.4 Å². The number of nitrogens with zero attached hydrogens (tertiary/aromatic N) is 4. The fourth-order valence-corrected chi connectivity index (χ4v) is 4.27. The Labute approximate surface area is 204 Å². The largest absolute Gasteiger partial charge is 0.497 e. The first kappa shape index (κ1) is 22.5. The molecule has 0 aliphatic heterocycles. The van der Waals surface area contributed by atoms with Crippen molar-refractivity contribution >= 4 is 28.3 Å². The molecule has 3 aromatic carbocycles. The van der Waals surface area contributed by atoms with Gasteiger partial charge in [-0.3, -0.25) is 9.59 Å². The molecule has 0 aliphatic carbocycles. The molecule has 0 saturated carbocycles. The van der Waals surface area contributed by atoms with Crippen LogP contribution in [0.4, 0.5) is 0 Å². The minimum atomic E-state index is -0.201. The van der Waals surface area contributed by atoms with E-state index in [-0.39, 0.29) is 28.2 Å². The van der Waals surface area contributed by atoms with Crippen LogP contribution >= 0.6 is 11.8 Å². The second kappa shape index (κ2) is 9.94. The van der Waals surface area contributed by atoms with Gasteiger partial charge >= 0.3 is 0 Å². The van der Waals surface area contributed by atoms with Gasteiger partial charge in [0.05, 0.1) is 24.8 Å². The lowest BCUT2D eigenvalue weighted by Crippen LogP contribution is -2.24. The molecule has 5 rings (SSSR count). The standard InChI is InChI=1S/C26H20N4O4S/c1-33-19-13-11-18(12-14-19)22(31)16-35-26-28-27-24(34-26)23-20-9-5-6-10-21(20)25(32)30(29-23)15-17-7-3-2-4-8-17/h2-14H,15-16H2,1H3. The highest BCUT2D eigenvalue weighted by Crippen LogP contribution is 2.27. The monoisotopic (exact) mass is 484 g/mol. The lowest BCUT2D eigenvalue weighted by molar-refractivity contribution is 0.102. The first-order valence-corrected chi connectivity index (χ1v) is 11.8. The van der Waals surface area contributed by atoms with E-state index in [1.807, 2.05) is 36.4 Å². The van der Waals surface area contributed by atoms with E-state index in [0.29, 0.717) is 34.3 Å². The Hall–Kier alpha value is -4.24. The molecule has 5 aromatic rings. The number of hydrogen-bond donors (Lipinski definition) is 0. The van der Waals surface area contributed by atoms with E-state index in [0.717, 1.165) is 17.3 Å². The van der Waals surface area contributed by atoms with E-state index in [2.05, 4.69) is 15.3 Å². The van der Waals surface area contributed by atoms with E-state index in [4.69, 9.17) is 9.15 Å². The van der Waals surface area contributed by atoms with E-state index < -0.39 is 0 Å². The zero-order valence-corrected chi connectivity index (χ0v) is 19.6. The molecule has 0 amide bonds. The Kier molecular flexibility index (Phi) is 6.40. The third kappa shape index (κ3) is 4.85. The van der Waals surface area contributed by atoms with Crippen molar-refractivity contribution in [1.29, 1.82) is 0 Å². The van der Waals surface area contributed by atoms with Crippen molar-refractivity contribution in [3.63, 3.8) is 0 Å². The molecule has 0 aliphatic rings. The Morgan fingerprint density at radius 1 is 0.943 bits per heavy atom. The van der Waals surface area contributed by atoms with Crippen molar-refractivity contribution < 1.29 is 13.9 Å². The van der Waals surface area contributed by atoms with Gasteiger partial charge in [-0.05, 0) is 35.9 Å². The van der Waals surface area contributed by atoms with Crippen LogP contribution in [0.3, 0.4) is 0 Å². The fourth-order valence-electron chi connectivity index (χ4n) is 3.61. The minimum absolute atomic E-state index is 0.0719. The van der Waals surface area contributed by atoms with Gasteiger partial charge in [-0.25, -0.2) is 4.68 Å². The average Bonchev–Trinajstić information content (AvgIpc) is 3.38. The van der Waals surface area contributed by atoms with Crippen LogP contribution in [0.1, 0.15) is 15.9 Å². The Bertz CT molecular complexity index is 1550. The number of fused-ring (bicyclic) bond motifs is 1. The smallest absolute Gasteiger partial charge is 0.277 e. The maximum atomic E-state index is 13.1. The Balaban J connectivity index is 1.41. The summed E-state index contributed by atoms with van der Waals surface area (Å²) in [6, 6.07) is 23.7. The van der Waals surface area contributed by atoms with Crippen LogP contribution < -0.4 is 10.3 Å². The summed E-state index contributed by atoms with van der Waals surface area (Å²) in [4.78, 5) is 25.6. The molecule has 9 heteroatoms. The summed E-state index contributed by atoms with van der Waals surface area (Å²) >= 11 is 1.15. The molecule has 2 heterocycles. The molecular weight excluding hydrogens is 464 g/mol. The zero-order chi connectivity index (χ0) is 24.2. The number of benzene rings is 3. The SMILES string of the molecule is COc1ccc(C(=O)CSc2nnc(-c3nn(Cc4ccccc4)c(=O)c4ccccc34)o2)cc1. The summed E-state index contributed by atoms with van der Waals surface area (Å²) in [5.41, 5.74) is 1.73. The summed E-state index contributed by atoms with van der Waals surface area (Å²) < 4.78 is 12.4. The molecule has 0 saturated heterocycles. The normalized spacial score (nSPS) is 11.0. The predicted molar refractivity (Wildman–Crippen MR) is 133 cm³/mol. The molecule has 0 atom stereocenters. The number of rotatable bonds is 8. The van der Waals surface area contributed by atoms with Crippen LogP contribution in [-0.2, 0) is 6.54 Å². The van der Waals surface area contributed by atoms with Crippen molar-refractivity contribution in [3.05, 3.63) is 100 Å². The second-order valence-corrected chi connectivity index (χ2v) is 8.58. The summed E-state index contributed by atoms with van der Waals surface area (Å²) in [5.74, 6) is 0.930. The zero-order valence-electron chi connectivity index (χ0n) is 18.7. The van der Waals surface area contributed by atoms with Crippen molar-refractivity contribution in [1.82, 2.24) is 20.0 Å². The number of aromatic nitrogens is 4. The van der Waals surface area contributed by atoms with Crippen LogP contribution in [0, 0.1) is 0 Å². The van der Waals surface area contributed by atoms with Gasteiger partial charge in [0.25, 0.3) is 16.7 Å². The maximum Gasteiger partial charge on any atom is 0.277 e. The summed E-state index contributed by atoms with van der Waals surface area (Å²) in [7, 11) is 1.58. The van der Waals surface area contributed by atoms with Gasteiger partial charge in [-0.15, -0.1) is 10.2 Å². The van der Waals surface area contributed by atoms with Gasteiger partial charge in [0, 0.05) is 10.9 Å². The van der Waals surface area contributed by atoms with Crippen LogP contribution in [0.5, 0.6) is 5.75 Å². The third-order valence-corrected chi connectivity index (χ3v) is 6.21. The molecule has 35 heavy (non-hydrogen) atoms. The Morgan fingerprint density at radius 2 is 1.66 bits per heavy atom. The van der Waals surface area contributed by atoms with Gasteiger partial charge < -0.3 is 9.15 Å². The molecule has 0 fully saturated rings. The lowest BCUT2D eigenvalue weighted by atomic mass is 10.1. The summed E-state index contributed by atoms with van der Waals surface area (Å²) in [5, 5.41) is 14.2. The molecule has 0 spiro atoms. The van der Waals surface area contributed by atoms with E-state index in [1.165, 1.54) is 4.68 Å². The molecular formula is C26H20N4O4S. The fraction of sp³-hybridized carbons (Fsp3) is 0.115. The first-order chi connectivity index (χ1) is 17.1. The number of carbonyl (C=O) groups is 1. The number of carbonyl (C=O) groups excluding carboxylic acids is 1. The number of methoxy groups -OCH3 is 1. The van der Waals surface area contributed by atoms with Crippen molar-refractivity contribution in [2.75, 3.05) is 12.9 Å². The highest BCUT2D eigenvalue weighted by atomic mass is 32.2. The molecule has 8 nitrogen and oxygen atoms in total. The quantitative estimate of drug-likeness (QED) is 0.235. The summed E-state index contributed by atoms with van der Waals surface area (Å²) in [6.07, 6.45) is 0. The predicted octanol–water partition coefficient (Wildman–Crippen LogP) is 4.48. The van der Waals surface area contributed by atoms with Gasteiger partial charge in [-0.2, -0.15) is 5.10 Å². The number of ketones is 1. The van der Waals surface area contributed by atoms with Gasteiger partial charge in [0.15, 0.2) is 11.5 Å². The molecule has 0 bridgehead atoms. The highest BCUT2D eigenvalue weighted by Gasteiger charge is 2.18. The lowest BCUT2D eigenvalue weighted by Gasteiger charge is -2.09. The first-order valence-electron chi connectivity index (χ1n) is 10.8. The molecule has 2 aromatic heterocycles. The summed E-state index contributed by atoms with van der Waals surface area (Å²) in [6.45, 7) is 0.309. The van der Waals surface area contributed by atoms with Gasteiger partial charge in [-0.1, -0.05) is 60.3 Å². The minimum Gasteiger partial charge on any atom is -0.497 e. The molecule has 0 N–H and O–H groups in total. The molecule has 0 radical (unpaired) electrons. The number of hydrogen-bond acceptors (Lipinski definition) is 8. The third-order valence-electron chi connectivity index (χ3n) is 5.39. The van der Waals surface area contributed by atoms with E-state index in [1.54, 1.807) is 49.6 Å². The van der Waals surface area contributed by atoms with Crippen molar-refractivity contribution in [2.24, 2.45) is 0 Å².